The fourth-order valence-corrected chi connectivity index (χ4v) is 3.63. The Balaban J connectivity index is 2.06. The van der Waals surface area contributed by atoms with Gasteiger partial charge in [-0.05, 0) is 35.6 Å². The SMILES string of the molecule is CCSC1=C(c2ccc([N+](=O)[O-])cc2)C(=O)N(c2cccc(OC)c2)C1=O. The number of ether oxygens (including phenoxy) is 1. The molecule has 138 valence electrons. The molecule has 0 aliphatic carbocycles. The largest absolute Gasteiger partial charge is 0.497 e. The summed E-state index contributed by atoms with van der Waals surface area (Å²) < 4.78 is 5.17. The zero-order valence-corrected chi connectivity index (χ0v) is 15.5. The summed E-state index contributed by atoms with van der Waals surface area (Å²) in [7, 11) is 1.51. The van der Waals surface area contributed by atoms with Crippen LogP contribution in [0.3, 0.4) is 0 Å². The Morgan fingerprint density at radius 2 is 1.81 bits per heavy atom. The average molecular weight is 384 g/mol. The number of non-ortho nitro benzene ring substituents is 1. The van der Waals surface area contributed by atoms with Crippen LogP contribution in [0.25, 0.3) is 5.57 Å². The number of rotatable bonds is 6. The van der Waals surface area contributed by atoms with Crippen LogP contribution in [0.2, 0.25) is 0 Å². The third-order valence-corrected chi connectivity index (χ3v) is 4.96. The number of carbonyl (C=O) groups is 2. The van der Waals surface area contributed by atoms with Crippen molar-refractivity contribution >= 4 is 40.5 Å². The number of methoxy groups -OCH3 is 1. The number of amides is 2. The van der Waals surface area contributed by atoms with E-state index < -0.39 is 16.7 Å². The lowest BCUT2D eigenvalue weighted by atomic mass is 10.1. The van der Waals surface area contributed by atoms with Crippen LogP contribution in [0.5, 0.6) is 5.75 Å². The van der Waals surface area contributed by atoms with Gasteiger partial charge in [0, 0.05) is 18.2 Å². The number of nitrogens with zero attached hydrogens (tertiary/aromatic N) is 2. The summed E-state index contributed by atoms with van der Waals surface area (Å²) >= 11 is 1.28. The Bertz CT molecular complexity index is 953. The Morgan fingerprint density at radius 3 is 2.41 bits per heavy atom. The van der Waals surface area contributed by atoms with Crippen LogP contribution in [0, 0.1) is 10.1 Å². The van der Waals surface area contributed by atoms with Gasteiger partial charge in [0.2, 0.25) is 0 Å². The van der Waals surface area contributed by atoms with Crippen LogP contribution in [0.1, 0.15) is 12.5 Å². The lowest BCUT2D eigenvalue weighted by Gasteiger charge is -2.16. The number of hydrogen-bond donors (Lipinski definition) is 0. The maximum Gasteiger partial charge on any atom is 0.272 e. The van der Waals surface area contributed by atoms with Crippen molar-refractivity contribution in [3.05, 3.63) is 69.1 Å². The standard InChI is InChI=1S/C19H16N2O5S/c1-3-27-17-16(12-7-9-13(10-8-12)21(24)25)18(22)20(19(17)23)14-5-4-6-15(11-14)26-2/h4-11H,3H2,1-2H3. The lowest BCUT2D eigenvalue weighted by Crippen LogP contribution is -2.31. The summed E-state index contributed by atoms with van der Waals surface area (Å²) in [6, 6.07) is 12.3. The predicted octanol–water partition coefficient (Wildman–Crippen LogP) is 3.64. The minimum absolute atomic E-state index is 0.0783. The number of hydrogen-bond acceptors (Lipinski definition) is 6. The minimum Gasteiger partial charge on any atom is -0.497 e. The van der Waals surface area contributed by atoms with Gasteiger partial charge in [0.25, 0.3) is 17.5 Å². The van der Waals surface area contributed by atoms with Gasteiger partial charge >= 0.3 is 0 Å². The molecule has 0 aromatic heterocycles. The van der Waals surface area contributed by atoms with Gasteiger partial charge in [0.05, 0.1) is 28.2 Å². The van der Waals surface area contributed by atoms with Gasteiger partial charge in [-0.2, -0.15) is 0 Å². The quantitative estimate of drug-likeness (QED) is 0.429. The van der Waals surface area contributed by atoms with Crippen LogP contribution < -0.4 is 9.64 Å². The first-order valence-corrected chi connectivity index (χ1v) is 9.11. The molecule has 0 saturated heterocycles. The Labute approximate surface area is 159 Å². The second kappa shape index (κ2) is 7.63. The third kappa shape index (κ3) is 3.43. The van der Waals surface area contributed by atoms with Crippen molar-refractivity contribution in [2.75, 3.05) is 17.8 Å². The number of anilines is 1. The average Bonchev–Trinajstić information content (AvgIpc) is 2.92. The first-order chi connectivity index (χ1) is 13.0. The van der Waals surface area contributed by atoms with Crippen molar-refractivity contribution in [3.63, 3.8) is 0 Å². The molecule has 0 N–H and O–H groups in total. The molecule has 0 fully saturated rings. The molecule has 2 aromatic rings. The Hall–Kier alpha value is -3.13. The van der Waals surface area contributed by atoms with Crippen LogP contribution in [0.4, 0.5) is 11.4 Å². The highest BCUT2D eigenvalue weighted by atomic mass is 32.2. The molecule has 0 spiro atoms. The smallest absolute Gasteiger partial charge is 0.272 e. The number of benzene rings is 2. The number of nitro groups is 1. The maximum absolute atomic E-state index is 13.1. The molecule has 1 heterocycles. The molecule has 3 rings (SSSR count). The number of thioether (sulfide) groups is 1. The van der Waals surface area contributed by atoms with Crippen molar-refractivity contribution < 1.29 is 19.2 Å². The van der Waals surface area contributed by atoms with E-state index >= 15 is 0 Å². The molecule has 0 saturated carbocycles. The number of carbonyl (C=O) groups excluding carboxylic acids is 2. The van der Waals surface area contributed by atoms with E-state index in [2.05, 4.69) is 0 Å². The predicted molar refractivity (Wildman–Crippen MR) is 104 cm³/mol. The lowest BCUT2D eigenvalue weighted by molar-refractivity contribution is -0.384. The summed E-state index contributed by atoms with van der Waals surface area (Å²) in [6.07, 6.45) is 0. The van der Waals surface area contributed by atoms with Crippen molar-refractivity contribution in [1.82, 2.24) is 0 Å². The minimum atomic E-state index is -0.510. The maximum atomic E-state index is 13.1. The van der Waals surface area contributed by atoms with E-state index in [-0.39, 0.29) is 11.3 Å². The summed E-state index contributed by atoms with van der Waals surface area (Å²) in [5, 5.41) is 10.9. The van der Waals surface area contributed by atoms with Crippen LogP contribution >= 0.6 is 11.8 Å². The second-order valence-electron chi connectivity index (χ2n) is 5.59. The van der Waals surface area contributed by atoms with Crippen molar-refractivity contribution in [1.29, 1.82) is 0 Å². The van der Waals surface area contributed by atoms with E-state index in [4.69, 9.17) is 4.74 Å². The molecule has 1 aliphatic rings. The number of nitro benzene ring substituents is 1. The highest BCUT2D eigenvalue weighted by Crippen LogP contribution is 2.39. The van der Waals surface area contributed by atoms with Crippen molar-refractivity contribution in [3.8, 4) is 5.75 Å². The summed E-state index contributed by atoms with van der Waals surface area (Å²) in [5.74, 6) is 0.268. The van der Waals surface area contributed by atoms with Crippen LogP contribution in [0.15, 0.2) is 53.4 Å². The fraction of sp³-hybridized carbons (Fsp3) is 0.158. The number of imide groups is 1. The van der Waals surface area contributed by atoms with Crippen molar-refractivity contribution in [2.45, 2.75) is 6.92 Å². The second-order valence-corrected chi connectivity index (χ2v) is 6.86. The zero-order valence-electron chi connectivity index (χ0n) is 14.7. The molecule has 0 unspecified atom stereocenters. The first-order valence-electron chi connectivity index (χ1n) is 8.12. The molecular weight excluding hydrogens is 368 g/mol. The molecule has 2 aromatic carbocycles. The van der Waals surface area contributed by atoms with Gasteiger partial charge < -0.3 is 4.74 Å². The monoisotopic (exact) mass is 384 g/mol. The molecule has 27 heavy (non-hydrogen) atoms. The van der Waals surface area contributed by atoms with E-state index in [1.807, 2.05) is 6.92 Å². The van der Waals surface area contributed by atoms with Gasteiger partial charge in [-0.25, -0.2) is 4.90 Å². The van der Waals surface area contributed by atoms with Crippen LogP contribution in [-0.4, -0.2) is 29.6 Å². The molecule has 1 aliphatic heterocycles. The van der Waals surface area contributed by atoms with Gasteiger partial charge in [0.1, 0.15) is 5.75 Å². The topological polar surface area (TPSA) is 89.8 Å². The van der Waals surface area contributed by atoms with E-state index in [1.165, 1.54) is 43.1 Å². The molecule has 0 atom stereocenters. The van der Waals surface area contributed by atoms with E-state index in [0.29, 0.717) is 27.7 Å². The van der Waals surface area contributed by atoms with E-state index in [0.717, 1.165) is 4.90 Å². The summed E-state index contributed by atoms with van der Waals surface area (Å²) in [6.45, 7) is 1.89. The Kier molecular flexibility index (Phi) is 5.27. The summed E-state index contributed by atoms with van der Waals surface area (Å²) in [4.78, 5) is 37.8. The van der Waals surface area contributed by atoms with Gasteiger partial charge in [0.15, 0.2) is 0 Å². The fourth-order valence-electron chi connectivity index (χ4n) is 2.78. The first kappa shape index (κ1) is 18.7. The van der Waals surface area contributed by atoms with Gasteiger partial charge in [-0.1, -0.05) is 13.0 Å². The normalized spacial score (nSPS) is 14.1. The molecule has 0 radical (unpaired) electrons. The van der Waals surface area contributed by atoms with E-state index in [9.17, 15) is 19.7 Å². The van der Waals surface area contributed by atoms with Crippen molar-refractivity contribution in [2.24, 2.45) is 0 Å². The molecule has 0 bridgehead atoms. The third-order valence-electron chi connectivity index (χ3n) is 4.01. The van der Waals surface area contributed by atoms with Gasteiger partial charge in [-0.15, -0.1) is 11.8 Å². The zero-order chi connectivity index (χ0) is 19.6. The van der Waals surface area contributed by atoms with Gasteiger partial charge in [-0.3, -0.25) is 19.7 Å². The Morgan fingerprint density at radius 1 is 1.11 bits per heavy atom. The molecule has 7 nitrogen and oxygen atoms in total. The molecule has 2 amide bonds. The summed E-state index contributed by atoms with van der Waals surface area (Å²) in [5.41, 5.74) is 1.06. The molecule has 8 heteroatoms. The molecular formula is C19H16N2O5S. The highest BCUT2D eigenvalue weighted by Gasteiger charge is 2.40. The highest BCUT2D eigenvalue weighted by molar-refractivity contribution is 8.04. The van der Waals surface area contributed by atoms with Crippen LogP contribution in [-0.2, 0) is 9.59 Å². The van der Waals surface area contributed by atoms with E-state index in [1.54, 1.807) is 24.3 Å².